The van der Waals surface area contributed by atoms with Gasteiger partial charge in [-0.25, -0.2) is 0 Å². The van der Waals surface area contributed by atoms with Crippen LogP contribution in [0.2, 0.25) is 0 Å². The van der Waals surface area contributed by atoms with Crippen molar-refractivity contribution in [3.63, 3.8) is 0 Å². The van der Waals surface area contributed by atoms with E-state index in [4.69, 9.17) is 14.7 Å². The summed E-state index contributed by atoms with van der Waals surface area (Å²) in [5.41, 5.74) is 1.53. The van der Waals surface area contributed by atoms with Gasteiger partial charge in [-0.2, -0.15) is 5.26 Å². The highest BCUT2D eigenvalue weighted by atomic mass is 32.1. The molecule has 0 atom stereocenters. The number of pyridine rings is 1. The standard InChI is InChI=1S/C15H14N2O3S/c1-19-12-4-2-10(3-5-12)8-20-9-11-6-14(18)17-15(21)13(11)7-16/h2-6H,8-9H2,1H3,(H2,17,18,21). The Morgan fingerprint density at radius 1 is 1.29 bits per heavy atom. The van der Waals surface area contributed by atoms with E-state index >= 15 is 0 Å². The van der Waals surface area contributed by atoms with Crippen molar-refractivity contribution in [1.29, 1.82) is 5.26 Å². The van der Waals surface area contributed by atoms with E-state index in [1.165, 1.54) is 6.07 Å². The van der Waals surface area contributed by atoms with Crippen LogP contribution in [0, 0.1) is 11.3 Å². The molecule has 0 aliphatic carbocycles. The van der Waals surface area contributed by atoms with Gasteiger partial charge in [-0.1, -0.05) is 12.1 Å². The number of nitrogens with zero attached hydrogens (tertiary/aromatic N) is 1. The topological polar surface area (TPSA) is 75.1 Å². The second-order valence-electron chi connectivity index (χ2n) is 4.34. The molecule has 0 aliphatic rings. The van der Waals surface area contributed by atoms with E-state index in [9.17, 15) is 4.79 Å². The molecular formula is C15H14N2O3S. The van der Waals surface area contributed by atoms with Crippen LogP contribution in [0.1, 0.15) is 16.7 Å². The van der Waals surface area contributed by atoms with E-state index in [0.717, 1.165) is 11.3 Å². The number of benzene rings is 1. The maximum absolute atomic E-state index is 11.4. The number of aromatic nitrogens is 1. The van der Waals surface area contributed by atoms with Gasteiger partial charge < -0.3 is 14.5 Å². The van der Waals surface area contributed by atoms with Crippen LogP contribution in [0.15, 0.2) is 40.2 Å². The Kier molecular flexibility index (Phi) is 5.04. The van der Waals surface area contributed by atoms with Crippen molar-refractivity contribution in [2.75, 3.05) is 7.11 Å². The molecule has 0 spiro atoms. The van der Waals surface area contributed by atoms with E-state index in [0.29, 0.717) is 17.7 Å². The minimum absolute atomic E-state index is 0.173. The van der Waals surface area contributed by atoms with Gasteiger partial charge in [0.1, 0.15) is 11.8 Å². The zero-order valence-corrected chi connectivity index (χ0v) is 12.3. The summed E-state index contributed by atoms with van der Waals surface area (Å²) in [6.45, 7) is 0.552. The Morgan fingerprint density at radius 2 is 2.00 bits per heavy atom. The van der Waals surface area contributed by atoms with Gasteiger partial charge in [-0.3, -0.25) is 4.79 Å². The van der Waals surface area contributed by atoms with Crippen molar-refractivity contribution in [2.45, 2.75) is 18.2 Å². The van der Waals surface area contributed by atoms with Crippen molar-refractivity contribution in [2.24, 2.45) is 0 Å². The maximum Gasteiger partial charge on any atom is 0.249 e. The van der Waals surface area contributed by atoms with Gasteiger partial charge in [0.2, 0.25) is 5.56 Å². The molecule has 0 unspecified atom stereocenters. The molecule has 6 heteroatoms. The second-order valence-corrected chi connectivity index (χ2v) is 4.78. The monoisotopic (exact) mass is 302 g/mol. The van der Waals surface area contributed by atoms with Gasteiger partial charge in [0, 0.05) is 11.6 Å². The molecule has 108 valence electrons. The average Bonchev–Trinajstić information content (AvgIpc) is 2.47. The average molecular weight is 302 g/mol. The van der Waals surface area contributed by atoms with E-state index < -0.39 is 0 Å². The van der Waals surface area contributed by atoms with Crippen molar-refractivity contribution in [3.05, 3.63) is 57.4 Å². The van der Waals surface area contributed by atoms with Crippen LogP contribution < -0.4 is 10.3 Å². The third-order valence-corrected chi connectivity index (χ3v) is 3.24. The first-order valence-corrected chi connectivity index (χ1v) is 6.64. The first-order valence-electron chi connectivity index (χ1n) is 6.20. The summed E-state index contributed by atoms with van der Waals surface area (Å²) in [7, 11) is 1.61. The summed E-state index contributed by atoms with van der Waals surface area (Å²) in [5, 5.41) is 9.33. The van der Waals surface area contributed by atoms with E-state index in [-0.39, 0.29) is 17.2 Å². The molecule has 2 rings (SSSR count). The highest BCUT2D eigenvalue weighted by molar-refractivity contribution is 7.80. The van der Waals surface area contributed by atoms with Crippen molar-refractivity contribution in [1.82, 2.24) is 4.98 Å². The molecule has 21 heavy (non-hydrogen) atoms. The summed E-state index contributed by atoms with van der Waals surface area (Å²) >= 11 is 4.08. The highest BCUT2D eigenvalue weighted by Crippen LogP contribution is 2.16. The van der Waals surface area contributed by atoms with Crippen LogP contribution >= 0.6 is 12.6 Å². The lowest BCUT2D eigenvalue weighted by atomic mass is 10.1. The fourth-order valence-electron chi connectivity index (χ4n) is 1.84. The minimum atomic E-state index is -0.304. The zero-order chi connectivity index (χ0) is 15.2. The lowest BCUT2D eigenvalue weighted by molar-refractivity contribution is 0.106. The Bertz CT molecular complexity index is 717. The van der Waals surface area contributed by atoms with Gasteiger partial charge in [0.25, 0.3) is 0 Å². The van der Waals surface area contributed by atoms with Gasteiger partial charge in [-0.15, -0.1) is 12.6 Å². The predicted molar refractivity (Wildman–Crippen MR) is 80.5 cm³/mol. The zero-order valence-electron chi connectivity index (χ0n) is 11.4. The van der Waals surface area contributed by atoms with Gasteiger partial charge in [0.05, 0.1) is 30.9 Å². The molecule has 0 saturated carbocycles. The van der Waals surface area contributed by atoms with E-state index in [1.807, 2.05) is 30.3 Å². The van der Waals surface area contributed by atoms with Crippen molar-refractivity contribution < 1.29 is 9.47 Å². The van der Waals surface area contributed by atoms with Crippen LogP contribution in [0.4, 0.5) is 0 Å². The fraction of sp³-hybridized carbons (Fsp3) is 0.200. The number of nitriles is 1. The number of H-pyrrole nitrogens is 1. The number of thiol groups is 1. The Labute approximate surface area is 127 Å². The Morgan fingerprint density at radius 3 is 2.62 bits per heavy atom. The SMILES string of the molecule is COc1ccc(COCc2cc(=O)[nH]c(S)c2C#N)cc1. The predicted octanol–water partition coefficient (Wildman–Crippen LogP) is 2.26. The smallest absolute Gasteiger partial charge is 0.249 e. The number of aromatic amines is 1. The van der Waals surface area contributed by atoms with Gasteiger partial charge >= 0.3 is 0 Å². The van der Waals surface area contributed by atoms with Crippen LogP contribution in [-0.4, -0.2) is 12.1 Å². The molecule has 0 aliphatic heterocycles. The van der Waals surface area contributed by atoms with Crippen LogP contribution in [0.5, 0.6) is 5.75 Å². The third-order valence-electron chi connectivity index (χ3n) is 2.90. The fourth-order valence-corrected chi connectivity index (χ4v) is 2.14. The van der Waals surface area contributed by atoms with Gasteiger partial charge in [0.15, 0.2) is 0 Å². The van der Waals surface area contributed by atoms with Crippen LogP contribution in [0.25, 0.3) is 0 Å². The highest BCUT2D eigenvalue weighted by Gasteiger charge is 2.08. The molecular weight excluding hydrogens is 288 g/mol. The first kappa shape index (κ1) is 15.2. The summed E-state index contributed by atoms with van der Waals surface area (Å²) in [5.74, 6) is 0.778. The minimum Gasteiger partial charge on any atom is -0.497 e. The number of methoxy groups -OCH3 is 1. The quantitative estimate of drug-likeness (QED) is 0.831. The number of rotatable bonds is 5. The van der Waals surface area contributed by atoms with Gasteiger partial charge in [-0.05, 0) is 17.7 Å². The molecule has 5 nitrogen and oxygen atoms in total. The summed E-state index contributed by atoms with van der Waals surface area (Å²) in [4.78, 5) is 13.9. The summed E-state index contributed by atoms with van der Waals surface area (Å²) in [6.07, 6.45) is 0. The number of hydrogen-bond donors (Lipinski definition) is 2. The van der Waals surface area contributed by atoms with E-state index in [1.54, 1.807) is 7.11 Å². The molecule has 1 heterocycles. The maximum atomic E-state index is 11.4. The third kappa shape index (κ3) is 3.88. The molecule has 0 amide bonds. The first-order chi connectivity index (χ1) is 10.1. The van der Waals surface area contributed by atoms with Crippen molar-refractivity contribution in [3.8, 4) is 11.8 Å². The molecule has 1 aromatic heterocycles. The Balaban J connectivity index is 2.03. The van der Waals surface area contributed by atoms with Crippen LogP contribution in [0.3, 0.4) is 0 Å². The van der Waals surface area contributed by atoms with Crippen molar-refractivity contribution >= 4 is 12.6 Å². The largest absolute Gasteiger partial charge is 0.497 e. The number of nitrogens with one attached hydrogen (secondary N) is 1. The molecule has 0 radical (unpaired) electrons. The molecule has 1 N–H and O–H groups in total. The molecule has 0 bridgehead atoms. The molecule has 2 aromatic rings. The lowest BCUT2D eigenvalue weighted by Gasteiger charge is -2.08. The number of hydrogen-bond acceptors (Lipinski definition) is 5. The van der Waals surface area contributed by atoms with E-state index in [2.05, 4.69) is 17.6 Å². The number of ether oxygens (including phenoxy) is 2. The van der Waals surface area contributed by atoms with Crippen LogP contribution in [-0.2, 0) is 18.0 Å². The summed E-state index contributed by atoms with van der Waals surface area (Å²) in [6, 6.07) is 10.8. The second kappa shape index (κ2) is 6.97. The lowest BCUT2D eigenvalue weighted by Crippen LogP contribution is -2.10. The molecule has 1 aromatic carbocycles. The molecule has 0 saturated heterocycles. The Hall–Kier alpha value is -2.23. The summed E-state index contributed by atoms with van der Waals surface area (Å²) < 4.78 is 10.6. The normalized spacial score (nSPS) is 10.1. The molecule has 0 fully saturated rings.